The van der Waals surface area contributed by atoms with Gasteiger partial charge >= 0.3 is 0 Å². The topological polar surface area (TPSA) is 62.4 Å². The molecule has 0 aliphatic carbocycles. The van der Waals surface area contributed by atoms with Crippen molar-refractivity contribution in [2.24, 2.45) is 0 Å². The van der Waals surface area contributed by atoms with Gasteiger partial charge < -0.3 is 14.6 Å². The highest BCUT2D eigenvalue weighted by molar-refractivity contribution is 6.31. The first-order chi connectivity index (χ1) is 11.1. The van der Waals surface area contributed by atoms with Gasteiger partial charge in [-0.25, -0.2) is 0 Å². The molecule has 0 spiro atoms. The number of aromatic nitrogens is 1. The van der Waals surface area contributed by atoms with Crippen LogP contribution in [0.25, 0.3) is 0 Å². The van der Waals surface area contributed by atoms with Crippen LogP contribution in [0.1, 0.15) is 28.9 Å². The molecule has 1 saturated heterocycles. The fourth-order valence-corrected chi connectivity index (χ4v) is 2.93. The molecule has 1 aliphatic rings. The molecule has 1 aromatic carbocycles. The molecule has 2 aromatic rings. The zero-order chi connectivity index (χ0) is 16.4. The fourth-order valence-electron chi connectivity index (χ4n) is 2.67. The number of carbonyl (C=O) groups is 1. The number of pyridine rings is 1. The van der Waals surface area contributed by atoms with Crippen molar-refractivity contribution >= 4 is 17.5 Å². The number of hydrogen-bond acceptors (Lipinski definition) is 3. The summed E-state index contributed by atoms with van der Waals surface area (Å²) < 4.78 is 5.86. The molecule has 1 amide bonds. The van der Waals surface area contributed by atoms with E-state index in [9.17, 15) is 9.59 Å². The Morgan fingerprint density at radius 2 is 2.09 bits per heavy atom. The number of nitrogens with zero attached hydrogens (tertiary/aromatic N) is 1. The Bertz CT molecular complexity index is 754. The van der Waals surface area contributed by atoms with E-state index in [-0.39, 0.29) is 23.6 Å². The largest absolute Gasteiger partial charge is 0.369 e. The van der Waals surface area contributed by atoms with Crippen molar-refractivity contribution in [2.45, 2.75) is 19.1 Å². The van der Waals surface area contributed by atoms with Crippen LogP contribution >= 0.6 is 11.6 Å². The van der Waals surface area contributed by atoms with Crippen LogP contribution in [0.3, 0.4) is 0 Å². The van der Waals surface area contributed by atoms with Gasteiger partial charge in [0.2, 0.25) is 5.56 Å². The quantitative estimate of drug-likeness (QED) is 0.919. The zero-order valence-electron chi connectivity index (χ0n) is 12.7. The Morgan fingerprint density at radius 3 is 2.78 bits per heavy atom. The van der Waals surface area contributed by atoms with Crippen molar-refractivity contribution in [2.75, 3.05) is 13.2 Å². The summed E-state index contributed by atoms with van der Waals surface area (Å²) in [6.45, 7) is 2.79. The molecule has 2 unspecified atom stereocenters. The minimum absolute atomic E-state index is 0.0480. The molecule has 2 atom stereocenters. The van der Waals surface area contributed by atoms with Crippen LogP contribution in [0.5, 0.6) is 0 Å². The number of aromatic amines is 1. The van der Waals surface area contributed by atoms with Gasteiger partial charge in [-0.15, -0.1) is 0 Å². The normalized spacial score (nSPS) is 21.2. The van der Waals surface area contributed by atoms with Gasteiger partial charge in [0.05, 0.1) is 24.8 Å². The molecule has 6 heteroatoms. The number of H-pyrrole nitrogens is 1. The van der Waals surface area contributed by atoms with Crippen molar-refractivity contribution < 1.29 is 9.53 Å². The molecule has 2 heterocycles. The summed E-state index contributed by atoms with van der Waals surface area (Å²) in [5.41, 5.74) is 1.10. The maximum atomic E-state index is 12.7. The average molecular weight is 333 g/mol. The number of morpholine rings is 1. The molecule has 1 aliphatic heterocycles. The molecule has 1 N–H and O–H groups in total. The van der Waals surface area contributed by atoms with E-state index in [2.05, 4.69) is 4.98 Å². The van der Waals surface area contributed by atoms with Gasteiger partial charge in [-0.1, -0.05) is 29.8 Å². The third-order valence-corrected chi connectivity index (χ3v) is 4.32. The summed E-state index contributed by atoms with van der Waals surface area (Å²) in [6.07, 6.45) is 1.18. The summed E-state index contributed by atoms with van der Waals surface area (Å²) in [6, 6.07) is 10.3. The Hall–Kier alpha value is -2.11. The second kappa shape index (κ2) is 6.56. The van der Waals surface area contributed by atoms with Gasteiger partial charge in [-0.3, -0.25) is 9.59 Å². The van der Waals surface area contributed by atoms with E-state index in [0.717, 1.165) is 5.56 Å². The van der Waals surface area contributed by atoms with Crippen molar-refractivity contribution in [3.8, 4) is 0 Å². The van der Waals surface area contributed by atoms with Crippen molar-refractivity contribution in [1.82, 2.24) is 9.88 Å². The first-order valence-electron chi connectivity index (χ1n) is 7.42. The summed E-state index contributed by atoms with van der Waals surface area (Å²) in [7, 11) is 0. The van der Waals surface area contributed by atoms with Crippen LogP contribution in [0, 0.1) is 0 Å². The standard InChI is InChI=1S/C17H17ClN2O3/c1-11-10-23-15(13-4-2-3-5-14(13)18)9-20(11)17(22)12-6-7-16(21)19-8-12/h2-8,11,15H,9-10H2,1H3,(H,19,21). The van der Waals surface area contributed by atoms with Crippen molar-refractivity contribution in [1.29, 1.82) is 0 Å². The number of hydrogen-bond donors (Lipinski definition) is 1. The number of amides is 1. The summed E-state index contributed by atoms with van der Waals surface area (Å²) >= 11 is 6.23. The molecule has 120 valence electrons. The van der Waals surface area contributed by atoms with Crippen LogP contribution in [-0.2, 0) is 4.74 Å². The Morgan fingerprint density at radius 1 is 1.30 bits per heavy atom. The second-order valence-corrected chi connectivity index (χ2v) is 6.00. The SMILES string of the molecule is CC1COC(c2ccccc2Cl)CN1C(=O)c1ccc(=O)[nH]c1. The van der Waals surface area contributed by atoms with E-state index in [1.165, 1.54) is 18.3 Å². The van der Waals surface area contributed by atoms with E-state index in [1.807, 2.05) is 31.2 Å². The van der Waals surface area contributed by atoms with E-state index in [1.54, 1.807) is 4.90 Å². The van der Waals surface area contributed by atoms with E-state index in [0.29, 0.717) is 23.7 Å². The lowest BCUT2D eigenvalue weighted by molar-refractivity contribution is -0.0486. The summed E-state index contributed by atoms with van der Waals surface area (Å²) in [4.78, 5) is 28.1. The molecule has 5 nitrogen and oxygen atoms in total. The molecule has 0 bridgehead atoms. The first kappa shape index (κ1) is 15.8. The maximum Gasteiger partial charge on any atom is 0.255 e. The first-order valence-corrected chi connectivity index (χ1v) is 7.80. The Balaban J connectivity index is 1.83. The van der Waals surface area contributed by atoms with Gasteiger partial charge in [0.1, 0.15) is 6.10 Å². The monoisotopic (exact) mass is 332 g/mol. The lowest BCUT2D eigenvalue weighted by Gasteiger charge is -2.38. The molecule has 23 heavy (non-hydrogen) atoms. The highest BCUT2D eigenvalue weighted by Crippen LogP contribution is 2.30. The second-order valence-electron chi connectivity index (χ2n) is 5.59. The van der Waals surface area contributed by atoms with Crippen LogP contribution in [0.4, 0.5) is 0 Å². The van der Waals surface area contributed by atoms with Gasteiger partial charge in [0.25, 0.3) is 5.91 Å². The smallest absolute Gasteiger partial charge is 0.255 e. The fraction of sp³-hybridized carbons (Fsp3) is 0.294. The van der Waals surface area contributed by atoms with Crippen molar-refractivity contribution in [3.05, 3.63) is 69.1 Å². The highest BCUT2D eigenvalue weighted by atomic mass is 35.5. The van der Waals surface area contributed by atoms with Gasteiger partial charge in [-0.2, -0.15) is 0 Å². The van der Waals surface area contributed by atoms with Crippen LogP contribution in [0.15, 0.2) is 47.4 Å². The molecule has 0 saturated carbocycles. The lowest BCUT2D eigenvalue weighted by atomic mass is 10.0. The van der Waals surface area contributed by atoms with Crippen molar-refractivity contribution in [3.63, 3.8) is 0 Å². The van der Waals surface area contributed by atoms with Crippen LogP contribution in [-0.4, -0.2) is 35.0 Å². The third kappa shape index (κ3) is 3.30. The molecular formula is C17H17ClN2O3. The third-order valence-electron chi connectivity index (χ3n) is 3.98. The predicted molar refractivity (Wildman–Crippen MR) is 87.7 cm³/mol. The van der Waals surface area contributed by atoms with Gasteiger partial charge in [0.15, 0.2) is 0 Å². The van der Waals surface area contributed by atoms with Gasteiger partial charge in [0, 0.05) is 22.8 Å². The van der Waals surface area contributed by atoms with Gasteiger partial charge in [-0.05, 0) is 19.1 Å². The average Bonchev–Trinajstić information content (AvgIpc) is 2.56. The molecule has 1 fully saturated rings. The molecule has 1 aromatic heterocycles. The van der Waals surface area contributed by atoms with Crippen LogP contribution < -0.4 is 5.56 Å². The Kier molecular flexibility index (Phi) is 4.50. The number of rotatable bonds is 2. The minimum atomic E-state index is -0.258. The Labute approximate surface area is 138 Å². The van der Waals surface area contributed by atoms with E-state index in [4.69, 9.17) is 16.3 Å². The lowest BCUT2D eigenvalue weighted by Crippen LogP contribution is -2.48. The number of carbonyl (C=O) groups excluding carboxylic acids is 1. The number of nitrogens with one attached hydrogen (secondary N) is 1. The van der Waals surface area contributed by atoms with E-state index >= 15 is 0 Å². The number of benzene rings is 1. The minimum Gasteiger partial charge on any atom is -0.369 e. The maximum absolute atomic E-state index is 12.7. The molecule has 0 radical (unpaired) electrons. The number of ether oxygens (including phenoxy) is 1. The number of halogens is 1. The predicted octanol–water partition coefficient (Wildman–Crippen LogP) is 2.63. The summed E-state index contributed by atoms with van der Waals surface area (Å²) in [5.74, 6) is -0.130. The summed E-state index contributed by atoms with van der Waals surface area (Å²) in [5, 5.41) is 0.628. The highest BCUT2D eigenvalue weighted by Gasteiger charge is 2.31. The van der Waals surface area contributed by atoms with Crippen LogP contribution in [0.2, 0.25) is 5.02 Å². The molecular weight excluding hydrogens is 316 g/mol. The van der Waals surface area contributed by atoms with E-state index < -0.39 is 0 Å². The zero-order valence-corrected chi connectivity index (χ0v) is 13.4. The molecule has 3 rings (SSSR count).